The molecule has 0 unspecified atom stereocenters. The van der Waals surface area contributed by atoms with Gasteiger partial charge in [-0.3, -0.25) is 9.58 Å². The first kappa shape index (κ1) is 25.7. The van der Waals surface area contributed by atoms with E-state index in [4.69, 9.17) is 9.47 Å². The van der Waals surface area contributed by atoms with E-state index in [1.807, 2.05) is 28.9 Å². The van der Waals surface area contributed by atoms with Crippen LogP contribution in [0.25, 0.3) is 0 Å². The normalized spacial score (nSPS) is 17.6. The summed E-state index contributed by atoms with van der Waals surface area (Å²) in [6.07, 6.45) is 1.79. The zero-order valence-electron chi connectivity index (χ0n) is 20.9. The summed E-state index contributed by atoms with van der Waals surface area (Å²) in [4.78, 5) is 14.8. The second-order valence-electron chi connectivity index (χ2n) is 10.1. The largest absolute Gasteiger partial charge is 0.497 e. The van der Waals surface area contributed by atoms with E-state index < -0.39 is 31.9 Å². The highest BCUT2D eigenvalue weighted by molar-refractivity contribution is 7.94. The average molecular weight is 506 g/mol. The average Bonchev–Trinajstić information content (AvgIpc) is 3.55. The minimum atomic E-state index is -3.53. The van der Waals surface area contributed by atoms with Crippen LogP contribution in [0, 0.1) is 0 Å². The number of carbonyl (C=O) groups is 1. The van der Waals surface area contributed by atoms with Crippen LogP contribution in [0.4, 0.5) is 0 Å². The molecular weight excluding hydrogens is 470 g/mol. The SMILES string of the molecule is CCOC(=O)c1nn(Cc2ccc(OC)cc2)c2c1CCN(CC1(S(=O)(=O)C(C)(C)CO)CC1)C2. The third-order valence-corrected chi connectivity index (χ3v) is 10.4. The molecule has 4 rings (SSSR count). The van der Waals surface area contributed by atoms with Gasteiger partial charge < -0.3 is 14.6 Å². The first-order valence-corrected chi connectivity index (χ1v) is 13.5. The number of aliphatic hydroxyl groups excluding tert-OH is 1. The number of esters is 1. The summed E-state index contributed by atoms with van der Waals surface area (Å²) in [6, 6.07) is 7.68. The van der Waals surface area contributed by atoms with Crippen LogP contribution in [0.5, 0.6) is 5.75 Å². The molecule has 10 heteroatoms. The summed E-state index contributed by atoms with van der Waals surface area (Å²) in [5.74, 6) is 0.327. The number of sulfone groups is 1. The van der Waals surface area contributed by atoms with Gasteiger partial charge in [0.05, 0.1) is 42.1 Å². The molecule has 0 saturated heterocycles. The number of hydrogen-bond acceptors (Lipinski definition) is 8. The third-order valence-electron chi connectivity index (χ3n) is 7.18. The van der Waals surface area contributed by atoms with Crippen molar-refractivity contribution in [3.05, 3.63) is 46.8 Å². The fraction of sp³-hybridized carbons (Fsp3) is 0.600. The summed E-state index contributed by atoms with van der Waals surface area (Å²) in [7, 11) is -1.92. The maximum absolute atomic E-state index is 13.3. The van der Waals surface area contributed by atoms with Gasteiger partial charge in [-0.05, 0) is 57.7 Å². The molecule has 0 bridgehead atoms. The van der Waals surface area contributed by atoms with E-state index in [9.17, 15) is 18.3 Å². The zero-order valence-corrected chi connectivity index (χ0v) is 21.7. The lowest BCUT2D eigenvalue weighted by Gasteiger charge is -2.34. The van der Waals surface area contributed by atoms with Gasteiger partial charge in [-0.1, -0.05) is 12.1 Å². The van der Waals surface area contributed by atoms with Crippen molar-refractivity contribution in [3.8, 4) is 5.75 Å². The van der Waals surface area contributed by atoms with Gasteiger partial charge in [-0.15, -0.1) is 0 Å². The Balaban J connectivity index is 1.61. The van der Waals surface area contributed by atoms with E-state index in [2.05, 4.69) is 10.00 Å². The minimum absolute atomic E-state index is 0.270. The summed E-state index contributed by atoms with van der Waals surface area (Å²) in [5, 5.41) is 14.3. The number of carbonyl (C=O) groups excluding carboxylic acids is 1. The molecule has 0 radical (unpaired) electrons. The number of aromatic nitrogens is 2. The maximum atomic E-state index is 13.3. The zero-order chi connectivity index (χ0) is 25.4. The molecule has 0 atom stereocenters. The first-order valence-electron chi connectivity index (χ1n) is 12.0. The Labute approximate surface area is 206 Å². The molecule has 1 N–H and O–H groups in total. The number of aliphatic hydroxyl groups is 1. The molecule has 9 nitrogen and oxygen atoms in total. The van der Waals surface area contributed by atoms with Gasteiger partial charge in [-0.2, -0.15) is 5.10 Å². The van der Waals surface area contributed by atoms with Crippen LogP contribution in [0.3, 0.4) is 0 Å². The highest BCUT2D eigenvalue weighted by atomic mass is 32.2. The Morgan fingerprint density at radius 1 is 1.23 bits per heavy atom. The van der Waals surface area contributed by atoms with Gasteiger partial charge in [0.15, 0.2) is 15.5 Å². The Morgan fingerprint density at radius 3 is 2.49 bits per heavy atom. The molecule has 2 aliphatic rings. The molecule has 1 fully saturated rings. The van der Waals surface area contributed by atoms with Gasteiger partial charge >= 0.3 is 5.97 Å². The van der Waals surface area contributed by atoms with Crippen LogP contribution in [0.15, 0.2) is 24.3 Å². The standard InChI is InChI=1S/C25H35N3O6S/c1-5-34-23(30)22-20-10-13-27(16-25(11-12-25)35(31,32)24(2,3)17-29)15-21(20)28(26-22)14-18-6-8-19(33-4)9-7-18/h6-9,29H,5,10-17H2,1-4H3. The van der Waals surface area contributed by atoms with E-state index in [0.717, 1.165) is 22.6 Å². The summed E-state index contributed by atoms with van der Waals surface area (Å²) in [6.45, 7) is 6.81. The maximum Gasteiger partial charge on any atom is 0.359 e. The minimum Gasteiger partial charge on any atom is -0.497 e. The van der Waals surface area contributed by atoms with Crippen molar-refractivity contribution in [2.75, 3.05) is 33.4 Å². The molecule has 0 spiro atoms. The summed E-state index contributed by atoms with van der Waals surface area (Å²) >= 11 is 0. The lowest BCUT2D eigenvalue weighted by molar-refractivity contribution is 0.0517. The molecule has 1 saturated carbocycles. The van der Waals surface area contributed by atoms with Gasteiger partial charge in [0, 0.05) is 25.2 Å². The molecule has 1 aromatic heterocycles. The Kier molecular flexibility index (Phi) is 7.00. The van der Waals surface area contributed by atoms with Gasteiger partial charge in [0.2, 0.25) is 0 Å². The van der Waals surface area contributed by atoms with Crippen LogP contribution in [-0.4, -0.2) is 77.1 Å². The van der Waals surface area contributed by atoms with Crippen LogP contribution in [0.1, 0.15) is 60.9 Å². The van der Waals surface area contributed by atoms with Crippen LogP contribution in [-0.2, 0) is 34.1 Å². The topological polar surface area (TPSA) is 111 Å². The van der Waals surface area contributed by atoms with E-state index in [-0.39, 0.29) is 6.61 Å². The number of ether oxygens (including phenoxy) is 2. The fourth-order valence-electron chi connectivity index (χ4n) is 4.80. The number of methoxy groups -OCH3 is 1. The number of hydrogen-bond donors (Lipinski definition) is 1. The van der Waals surface area contributed by atoms with Gasteiger partial charge in [0.1, 0.15) is 5.75 Å². The molecule has 1 aliphatic heterocycles. The lowest BCUT2D eigenvalue weighted by Crippen LogP contribution is -2.49. The second kappa shape index (κ2) is 9.55. The van der Waals surface area contributed by atoms with E-state index in [1.54, 1.807) is 27.9 Å². The van der Waals surface area contributed by atoms with Crippen molar-refractivity contribution in [1.29, 1.82) is 0 Å². The Morgan fingerprint density at radius 2 is 1.91 bits per heavy atom. The number of benzene rings is 1. The molecule has 1 aliphatic carbocycles. The van der Waals surface area contributed by atoms with Crippen LogP contribution < -0.4 is 4.74 Å². The van der Waals surface area contributed by atoms with Crippen molar-refractivity contribution < 1.29 is 27.8 Å². The predicted molar refractivity (Wildman–Crippen MR) is 131 cm³/mol. The first-order chi connectivity index (χ1) is 16.6. The lowest BCUT2D eigenvalue weighted by atomic mass is 10.0. The van der Waals surface area contributed by atoms with Crippen molar-refractivity contribution in [2.24, 2.45) is 0 Å². The third kappa shape index (κ3) is 4.71. The Hall–Kier alpha value is -2.43. The van der Waals surface area contributed by atoms with Crippen molar-refractivity contribution >= 4 is 15.8 Å². The second-order valence-corrected chi connectivity index (χ2v) is 13.0. The fourth-order valence-corrected chi connectivity index (χ4v) is 7.13. The number of rotatable bonds is 10. The monoisotopic (exact) mass is 505 g/mol. The summed E-state index contributed by atoms with van der Waals surface area (Å²) in [5.41, 5.74) is 3.13. The molecule has 2 aromatic rings. The van der Waals surface area contributed by atoms with E-state index in [1.165, 1.54) is 0 Å². The van der Waals surface area contributed by atoms with Gasteiger partial charge in [-0.25, -0.2) is 13.2 Å². The molecule has 35 heavy (non-hydrogen) atoms. The molecule has 192 valence electrons. The molecular formula is C25H35N3O6S. The smallest absolute Gasteiger partial charge is 0.359 e. The van der Waals surface area contributed by atoms with Crippen molar-refractivity contribution in [1.82, 2.24) is 14.7 Å². The van der Waals surface area contributed by atoms with Crippen molar-refractivity contribution in [3.63, 3.8) is 0 Å². The molecule has 1 aromatic carbocycles. The van der Waals surface area contributed by atoms with Crippen molar-refractivity contribution in [2.45, 2.75) is 62.6 Å². The Bertz CT molecular complexity index is 1180. The van der Waals surface area contributed by atoms with E-state index in [0.29, 0.717) is 51.1 Å². The van der Waals surface area contributed by atoms with Gasteiger partial charge in [0.25, 0.3) is 0 Å². The number of fused-ring (bicyclic) bond motifs is 1. The predicted octanol–water partition coefficient (Wildman–Crippen LogP) is 2.19. The van der Waals surface area contributed by atoms with Crippen LogP contribution in [0.2, 0.25) is 0 Å². The summed E-state index contributed by atoms with van der Waals surface area (Å²) < 4.78 is 37.0. The van der Waals surface area contributed by atoms with Crippen LogP contribution >= 0.6 is 0 Å². The molecule has 2 heterocycles. The molecule has 0 amide bonds. The quantitative estimate of drug-likeness (QED) is 0.489. The highest BCUT2D eigenvalue weighted by Crippen LogP contribution is 2.49. The highest BCUT2D eigenvalue weighted by Gasteiger charge is 2.60. The number of nitrogens with zero attached hydrogens (tertiary/aromatic N) is 3. The van der Waals surface area contributed by atoms with E-state index >= 15 is 0 Å².